The summed E-state index contributed by atoms with van der Waals surface area (Å²) >= 11 is 0. The maximum absolute atomic E-state index is 12.0. The van der Waals surface area contributed by atoms with Crippen molar-refractivity contribution in [2.45, 2.75) is 6.42 Å². The molecule has 2 N–H and O–H groups in total. The van der Waals surface area contributed by atoms with E-state index in [4.69, 9.17) is 4.74 Å². The van der Waals surface area contributed by atoms with Crippen LogP contribution in [0.5, 0.6) is 5.75 Å². The summed E-state index contributed by atoms with van der Waals surface area (Å²) in [4.78, 5) is 23.5. The molecular formula is C17H18N2O3. The maximum Gasteiger partial charge on any atom is 0.251 e. The molecule has 0 saturated heterocycles. The first kappa shape index (κ1) is 15.6. The summed E-state index contributed by atoms with van der Waals surface area (Å²) in [5.74, 6) is 0.440. The molecule has 0 aliphatic carbocycles. The molecule has 0 atom stereocenters. The first-order valence-electron chi connectivity index (χ1n) is 6.87. The third kappa shape index (κ3) is 4.09. The molecule has 0 unspecified atom stereocenters. The van der Waals surface area contributed by atoms with Crippen molar-refractivity contribution in [2.24, 2.45) is 0 Å². The number of carbonyl (C=O) groups excluding carboxylic acids is 2. The fourth-order valence-electron chi connectivity index (χ4n) is 2.02. The fraction of sp³-hybridized carbons (Fsp3) is 0.176. The van der Waals surface area contributed by atoms with Gasteiger partial charge < -0.3 is 15.4 Å². The smallest absolute Gasteiger partial charge is 0.251 e. The second-order valence-corrected chi connectivity index (χ2v) is 4.73. The van der Waals surface area contributed by atoms with Crippen LogP contribution in [0, 0.1) is 0 Å². The van der Waals surface area contributed by atoms with Gasteiger partial charge in [-0.15, -0.1) is 0 Å². The van der Waals surface area contributed by atoms with Crippen molar-refractivity contribution in [2.75, 3.05) is 19.5 Å². The number of hydrogen-bond donors (Lipinski definition) is 2. The first-order valence-corrected chi connectivity index (χ1v) is 6.87. The minimum atomic E-state index is -0.158. The van der Waals surface area contributed by atoms with Crippen LogP contribution in [0.4, 0.5) is 5.69 Å². The number of nitrogens with one attached hydrogen (secondary N) is 2. The second-order valence-electron chi connectivity index (χ2n) is 4.73. The standard InChI is InChI=1S/C17H18N2O3/c1-18-17(21)13-6-8-14(9-7-13)19-16(20)11-12-4-3-5-15(10-12)22-2/h3-10H,11H2,1-2H3,(H,18,21)(H,19,20). The van der Waals surface area contributed by atoms with Crippen molar-refractivity contribution >= 4 is 17.5 Å². The minimum absolute atomic E-state index is 0.124. The lowest BCUT2D eigenvalue weighted by molar-refractivity contribution is -0.115. The highest BCUT2D eigenvalue weighted by Crippen LogP contribution is 2.14. The molecule has 2 aromatic carbocycles. The Bertz CT molecular complexity index is 666. The summed E-state index contributed by atoms with van der Waals surface area (Å²) in [7, 11) is 3.17. The Balaban J connectivity index is 1.98. The summed E-state index contributed by atoms with van der Waals surface area (Å²) in [5.41, 5.74) is 2.08. The molecule has 22 heavy (non-hydrogen) atoms. The normalized spacial score (nSPS) is 9.91. The fourth-order valence-corrected chi connectivity index (χ4v) is 2.02. The Morgan fingerprint density at radius 3 is 2.45 bits per heavy atom. The minimum Gasteiger partial charge on any atom is -0.497 e. The van der Waals surface area contributed by atoms with Crippen molar-refractivity contribution in [3.05, 3.63) is 59.7 Å². The van der Waals surface area contributed by atoms with E-state index in [0.717, 1.165) is 11.3 Å². The topological polar surface area (TPSA) is 67.4 Å². The van der Waals surface area contributed by atoms with Gasteiger partial charge in [0, 0.05) is 18.3 Å². The predicted molar refractivity (Wildman–Crippen MR) is 85.2 cm³/mol. The lowest BCUT2D eigenvalue weighted by Crippen LogP contribution is -2.18. The number of carbonyl (C=O) groups is 2. The average Bonchev–Trinajstić information content (AvgIpc) is 2.55. The molecule has 0 spiro atoms. The van der Waals surface area contributed by atoms with Gasteiger partial charge >= 0.3 is 0 Å². The van der Waals surface area contributed by atoms with Gasteiger partial charge in [-0.2, -0.15) is 0 Å². The molecule has 0 saturated carbocycles. The molecule has 2 amide bonds. The molecule has 0 heterocycles. The molecule has 2 aromatic rings. The van der Waals surface area contributed by atoms with Gasteiger partial charge in [-0.3, -0.25) is 9.59 Å². The number of rotatable bonds is 5. The quantitative estimate of drug-likeness (QED) is 0.889. The van der Waals surface area contributed by atoms with E-state index in [1.807, 2.05) is 24.3 Å². The maximum atomic E-state index is 12.0. The van der Waals surface area contributed by atoms with Crippen molar-refractivity contribution in [1.29, 1.82) is 0 Å². The number of amides is 2. The van der Waals surface area contributed by atoms with E-state index < -0.39 is 0 Å². The molecule has 5 heteroatoms. The van der Waals surface area contributed by atoms with Crippen molar-refractivity contribution < 1.29 is 14.3 Å². The molecule has 0 bridgehead atoms. The Kier molecular flexibility index (Phi) is 5.14. The number of benzene rings is 2. The lowest BCUT2D eigenvalue weighted by Gasteiger charge is -2.07. The second kappa shape index (κ2) is 7.26. The van der Waals surface area contributed by atoms with Gasteiger partial charge in [0.15, 0.2) is 0 Å². The van der Waals surface area contributed by atoms with Gasteiger partial charge in [0.05, 0.1) is 13.5 Å². The third-order valence-electron chi connectivity index (χ3n) is 3.16. The van der Waals surface area contributed by atoms with Crippen LogP contribution in [0.1, 0.15) is 15.9 Å². The summed E-state index contributed by atoms with van der Waals surface area (Å²) in [6, 6.07) is 14.1. The van der Waals surface area contributed by atoms with E-state index in [9.17, 15) is 9.59 Å². The molecule has 0 aliphatic rings. The van der Waals surface area contributed by atoms with Crippen LogP contribution in [0.25, 0.3) is 0 Å². The van der Waals surface area contributed by atoms with Crippen LogP contribution in [-0.4, -0.2) is 26.0 Å². The average molecular weight is 298 g/mol. The monoisotopic (exact) mass is 298 g/mol. The van der Waals surface area contributed by atoms with Crippen molar-refractivity contribution in [3.63, 3.8) is 0 Å². The molecule has 0 aliphatic heterocycles. The number of anilines is 1. The largest absolute Gasteiger partial charge is 0.497 e. The molecular weight excluding hydrogens is 280 g/mol. The van der Waals surface area contributed by atoms with E-state index >= 15 is 0 Å². The van der Waals surface area contributed by atoms with Crippen LogP contribution in [0.15, 0.2) is 48.5 Å². The van der Waals surface area contributed by atoms with E-state index in [0.29, 0.717) is 11.3 Å². The lowest BCUT2D eigenvalue weighted by atomic mass is 10.1. The van der Waals surface area contributed by atoms with E-state index in [2.05, 4.69) is 10.6 Å². The number of ether oxygens (including phenoxy) is 1. The zero-order valence-corrected chi connectivity index (χ0v) is 12.6. The molecule has 2 rings (SSSR count). The number of methoxy groups -OCH3 is 1. The molecule has 0 radical (unpaired) electrons. The Morgan fingerprint density at radius 1 is 1.09 bits per heavy atom. The third-order valence-corrected chi connectivity index (χ3v) is 3.16. The zero-order chi connectivity index (χ0) is 15.9. The summed E-state index contributed by atoms with van der Waals surface area (Å²) in [6.07, 6.45) is 0.258. The van der Waals surface area contributed by atoms with Crippen LogP contribution in [0.2, 0.25) is 0 Å². The number of hydrogen-bond acceptors (Lipinski definition) is 3. The molecule has 0 aromatic heterocycles. The summed E-state index contributed by atoms with van der Waals surface area (Å²) < 4.78 is 5.13. The predicted octanol–water partition coefficient (Wildman–Crippen LogP) is 2.24. The zero-order valence-electron chi connectivity index (χ0n) is 12.6. The SMILES string of the molecule is CNC(=O)c1ccc(NC(=O)Cc2cccc(OC)c2)cc1. The van der Waals surface area contributed by atoms with Crippen LogP contribution < -0.4 is 15.4 Å². The first-order chi connectivity index (χ1) is 10.6. The van der Waals surface area contributed by atoms with E-state index in [1.54, 1.807) is 38.4 Å². The van der Waals surface area contributed by atoms with Crippen LogP contribution in [0.3, 0.4) is 0 Å². The summed E-state index contributed by atoms with van der Waals surface area (Å²) in [6.45, 7) is 0. The molecule has 0 fully saturated rings. The van der Waals surface area contributed by atoms with Gasteiger partial charge in [-0.1, -0.05) is 12.1 Å². The van der Waals surface area contributed by atoms with Gasteiger partial charge in [0.1, 0.15) is 5.75 Å². The van der Waals surface area contributed by atoms with E-state index in [1.165, 1.54) is 0 Å². The van der Waals surface area contributed by atoms with Gasteiger partial charge in [0.25, 0.3) is 5.91 Å². The van der Waals surface area contributed by atoms with Crippen molar-refractivity contribution in [1.82, 2.24) is 5.32 Å². The van der Waals surface area contributed by atoms with E-state index in [-0.39, 0.29) is 18.2 Å². The highest BCUT2D eigenvalue weighted by molar-refractivity contribution is 5.96. The highest BCUT2D eigenvalue weighted by atomic mass is 16.5. The van der Waals surface area contributed by atoms with Gasteiger partial charge in [0.2, 0.25) is 5.91 Å². The Hall–Kier alpha value is -2.82. The van der Waals surface area contributed by atoms with Gasteiger partial charge in [-0.05, 0) is 42.0 Å². The summed E-state index contributed by atoms with van der Waals surface area (Å²) in [5, 5.41) is 5.35. The Morgan fingerprint density at radius 2 is 1.82 bits per heavy atom. The van der Waals surface area contributed by atoms with Crippen LogP contribution >= 0.6 is 0 Å². The molecule has 5 nitrogen and oxygen atoms in total. The van der Waals surface area contributed by atoms with Crippen LogP contribution in [-0.2, 0) is 11.2 Å². The Labute approximate surface area is 129 Å². The molecule has 114 valence electrons. The van der Waals surface area contributed by atoms with Gasteiger partial charge in [-0.25, -0.2) is 0 Å². The van der Waals surface area contributed by atoms with Crippen molar-refractivity contribution in [3.8, 4) is 5.75 Å². The highest BCUT2D eigenvalue weighted by Gasteiger charge is 2.06.